The Morgan fingerprint density at radius 1 is 0.939 bits per heavy atom. The number of rotatable bonds is 7. The molecule has 6 heteroatoms. The number of piperidine rings is 1. The summed E-state index contributed by atoms with van der Waals surface area (Å²) in [6.45, 7) is 5.79. The molecule has 0 bridgehead atoms. The van der Waals surface area contributed by atoms with Crippen LogP contribution in [-0.4, -0.2) is 37.6 Å². The largest absolute Gasteiger partial charge is 0.483 e. The number of amides is 2. The molecule has 0 aliphatic carbocycles. The lowest BCUT2D eigenvalue weighted by Gasteiger charge is -2.28. The fourth-order valence-corrected chi connectivity index (χ4v) is 4.13. The van der Waals surface area contributed by atoms with E-state index >= 15 is 0 Å². The van der Waals surface area contributed by atoms with E-state index in [4.69, 9.17) is 4.74 Å². The Hall–Kier alpha value is -3.54. The highest BCUT2D eigenvalue weighted by Gasteiger charge is 2.17. The van der Waals surface area contributed by atoms with Crippen LogP contribution in [0.3, 0.4) is 0 Å². The summed E-state index contributed by atoms with van der Waals surface area (Å²) in [5.41, 5.74) is 2.29. The highest BCUT2D eigenvalue weighted by Crippen LogP contribution is 2.28. The monoisotopic (exact) mass is 445 g/mol. The topological polar surface area (TPSA) is 70.7 Å². The van der Waals surface area contributed by atoms with Crippen molar-refractivity contribution in [3.8, 4) is 5.75 Å². The first-order chi connectivity index (χ1) is 16.0. The molecule has 0 aromatic heterocycles. The zero-order valence-electron chi connectivity index (χ0n) is 19.3. The number of ether oxygens (including phenoxy) is 1. The van der Waals surface area contributed by atoms with E-state index < -0.39 is 0 Å². The zero-order chi connectivity index (χ0) is 23.2. The fraction of sp³-hybridized carbons (Fsp3) is 0.333. The van der Waals surface area contributed by atoms with Crippen molar-refractivity contribution < 1.29 is 14.3 Å². The van der Waals surface area contributed by atoms with Gasteiger partial charge in [0.25, 0.3) is 11.8 Å². The van der Waals surface area contributed by atoms with Gasteiger partial charge >= 0.3 is 0 Å². The van der Waals surface area contributed by atoms with Gasteiger partial charge in [0.2, 0.25) is 0 Å². The van der Waals surface area contributed by atoms with Crippen LogP contribution in [0.15, 0.2) is 60.7 Å². The van der Waals surface area contributed by atoms with Crippen LogP contribution < -0.4 is 20.3 Å². The summed E-state index contributed by atoms with van der Waals surface area (Å²) in [5, 5.41) is 7.65. The molecule has 1 heterocycles. The van der Waals surface area contributed by atoms with Crippen LogP contribution in [0.1, 0.15) is 43.5 Å². The molecular formula is C27H31N3O3. The van der Waals surface area contributed by atoms with Gasteiger partial charge in [0, 0.05) is 30.5 Å². The normalized spacial score (nSPS) is 13.7. The number of anilines is 2. The Kier molecular flexibility index (Phi) is 7.13. The Morgan fingerprint density at radius 2 is 1.61 bits per heavy atom. The third-order valence-electron chi connectivity index (χ3n) is 5.75. The number of nitrogens with zero attached hydrogens (tertiary/aromatic N) is 1. The highest BCUT2D eigenvalue weighted by molar-refractivity contribution is 6.08. The van der Waals surface area contributed by atoms with Gasteiger partial charge in [-0.2, -0.15) is 0 Å². The Bertz CT molecular complexity index is 1120. The lowest BCUT2D eigenvalue weighted by Crippen LogP contribution is -2.34. The lowest BCUT2D eigenvalue weighted by molar-refractivity contribution is -0.123. The minimum absolute atomic E-state index is 0.0216. The minimum atomic E-state index is -0.272. The summed E-state index contributed by atoms with van der Waals surface area (Å²) in [7, 11) is 0. The van der Waals surface area contributed by atoms with Gasteiger partial charge in [-0.05, 0) is 80.3 Å². The number of carbonyl (C=O) groups is 2. The van der Waals surface area contributed by atoms with Crippen molar-refractivity contribution in [1.82, 2.24) is 5.32 Å². The van der Waals surface area contributed by atoms with E-state index in [9.17, 15) is 9.59 Å². The highest BCUT2D eigenvalue weighted by atomic mass is 16.5. The molecule has 1 saturated heterocycles. The standard InChI is InChI=1S/C27H31N3O3/c1-19(2)28-26(31)18-33-25-17-21-9-5-4-8-20(21)16-24(25)27(32)29-22-10-12-23(13-11-22)30-14-6-3-7-15-30/h4-5,8-13,16-17,19H,3,6-7,14-15,18H2,1-2H3,(H,28,31)(H,29,32). The maximum Gasteiger partial charge on any atom is 0.259 e. The Balaban J connectivity index is 1.52. The summed E-state index contributed by atoms with van der Waals surface area (Å²) in [5.74, 6) is -0.112. The molecule has 4 rings (SSSR count). The molecule has 0 atom stereocenters. The number of fused-ring (bicyclic) bond motifs is 1. The third-order valence-corrected chi connectivity index (χ3v) is 5.75. The summed E-state index contributed by atoms with van der Waals surface area (Å²) >= 11 is 0. The van der Waals surface area contributed by atoms with E-state index in [0.717, 1.165) is 29.5 Å². The summed E-state index contributed by atoms with van der Waals surface area (Å²) in [6, 6.07) is 19.4. The van der Waals surface area contributed by atoms with Crippen LogP contribution in [0.5, 0.6) is 5.75 Å². The van der Waals surface area contributed by atoms with Crippen LogP contribution in [0.4, 0.5) is 11.4 Å². The predicted molar refractivity (Wildman–Crippen MR) is 133 cm³/mol. The van der Waals surface area contributed by atoms with Crippen molar-refractivity contribution in [2.45, 2.75) is 39.2 Å². The van der Waals surface area contributed by atoms with Gasteiger partial charge in [-0.25, -0.2) is 0 Å². The molecule has 33 heavy (non-hydrogen) atoms. The molecule has 2 amide bonds. The predicted octanol–water partition coefficient (Wildman–Crippen LogP) is 4.99. The molecular weight excluding hydrogens is 414 g/mol. The van der Waals surface area contributed by atoms with Crippen LogP contribution in [0, 0.1) is 0 Å². The molecule has 172 valence electrons. The van der Waals surface area contributed by atoms with Crippen LogP contribution >= 0.6 is 0 Å². The first-order valence-electron chi connectivity index (χ1n) is 11.6. The molecule has 0 saturated carbocycles. The third kappa shape index (κ3) is 5.83. The van der Waals surface area contributed by atoms with E-state index in [1.807, 2.05) is 62.4 Å². The smallest absolute Gasteiger partial charge is 0.259 e. The molecule has 0 spiro atoms. The van der Waals surface area contributed by atoms with E-state index in [1.54, 1.807) is 0 Å². The number of carbonyl (C=O) groups excluding carboxylic acids is 2. The van der Waals surface area contributed by atoms with Crippen molar-refractivity contribution >= 4 is 34.0 Å². The molecule has 6 nitrogen and oxygen atoms in total. The van der Waals surface area contributed by atoms with E-state index in [2.05, 4.69) is 27.7 Å². The van der Waals surface area contributed by atoms with Gasteiger partial charge < -0.3 is 20.3 Å². The van der Waals surface area contributed by atoms with Crippen molar-refractivity contribution in [1.29, 1.82) is 0 Å². The molecule has 2 N–H and O–H groups in total. The maximum atomic E-state index is 13.2. The number of hydrogen-bond donors (Lipinski definition) is 2. The van der Waals surface area contributed by atoms with Crippen molar-refractivity contribution in [2.24, 2.45) is 0 Å². The fourth-order valence-electron chi connectivity index (χ4n) is 4.13. The summed E-state index contributed by atoms with van der Waals surface area (Å²) in [6.07, 6.45) is 3.73. The Morgan fingerprint density at radius 3 is 2.27 bits per heavy atom. The molecule has 1 aliphatic rings. The molecule has 1 aliphatic heterocycles. The van der Waals surface area contributed by atoms with Gasteiger partial charge in [-0.1, -0.05) is 24.3 Å². The van der Waals surface area contributed by atoms with E-state index in [1.165, 1.54) is 24.9 Å². The van der Waals surface area contributed by atoms with E-state index in [-0.39, 0.29) is 24.5 Å². The first-order valence-corrected chi connectivity index (χ1v) is 11.6. The second-order valence-corrected chi connectivity index (χ2v) is 8.76. The number of hydrogen-bond acceptors (Lipinski definition) is 4. The molecule has 0 radical (unpaired) electrons. The summed E-state index contributed by atoms with van der Waals surface area (Å²) in [4.78, 5) is 27.7. The van der Waals surface area contributed by atoms with Crippen LogP contribution in [0.2, 0.25) is 0 Å². The lowest BCUT2D eigenvalue weighted by atomic mass is 10.0. The van der Waals surface area contributed by atoms with Crippen molar-refractivity contribution in [3.63, 3.8) is 0 Å². The molecule has 0 unspecified atom stereocenters. The van der Waals surface area contributed by atoms with Crippen LogP contribution in [-0.2, 0) is 4.79 Å². The van der Waals surface area contributed by atoms with Gasteiger partial charge in [-0.15, -0.1) is 0 Å². The van der Waals surface area contributed by atoms with Gasteiger partial charge in [-0.3, -0.25) is 9.59 Å². The average Bonchev–Trinajstić information content (AvgIpc) is 2.82. The average molecular weight is 446 g/mol. The van der Waals surface area contributed by atoms with Crippen molar-refractivity contribution in [2.75, 3.05) is 29.9 Å². The Labute approximate surface area is 194 Å². The molecule has 3 aromatic rings. The quantitative estimate of drug-likeness (QED) is 0.538. The second kappa shape index (κ2) is 10.4. The number of benzene rings is 3. The SMILES string of the molecule is CC(C)NC(=O)COc1cc2ccccc2cc1C(=O)Nc1ccc(N2CCCCC2)cc1. The van der Waals surface area contributed by atoms with Gasteiger partial charge in [0.05, 0.1) is 5.56 Å². The number of nitrogens with one attached hydrogen (secondary N) is 2. The van der Waals surface area contributed by atoms with Gasteiger partial charge in [0.1, 0.15) is 5.75 Å². The molecule has 3 aromatic carbocycles. The van der Waals surface area contributed by atoms with Gasteiger partial charge in [0.15, 0.2) is 6.61 Å². The van der Waals surface area contributed by atoms with Crippen molar-refractivity contribution in [3.05, 3.63) is 66.2 Å². The zero-order valence-corrected chi connectivity index (χ0v) is 19.3. The maximum absolute atomic E-state index is 13.2. The summed E-state index contributed by atoms with van der Waals surface area (Å²) < 4.78 is 5.79. The van der Waals surface area contributed by atoms with Crippen LogP contribution in [0.25, 0.3) is 10.8 Å². The first kappa shape index (κ1) is 22.6. The minimum Gasteiger partial charge on any atom is -0.483 e. The van der Waals surface area contributed by atoms with E-state index in [0.29, 0.717) is 11.3 Å². The second-order valence-electron chi connectivity index (χ2n) is 8.76. The molecule has 1 fully saturated rings.